The molecule has 9 heteroatoms. The van der Waals surface area contributed by atoms with Crippen LogP contribution in [0.5, 0.6) is 0 Å². The fourth-order valence-electron chi connectivity index (χ4n) is 1.81. The van der Waals surface area contributed by atoms with Gasteiger partial charge in [0.1, 0.15) is 0 Å². The molecule has 8 nitrogen and oxygen atoms in total. The van der Waals surface area contributed by atoms with Crippen molar-refractivity contribution in [3.05, 3.63) is 38.6 Å². The lowest BCUT2D eigenvalue weighted by Crippen LogP contribution is -2.19. The highest BCUT2D eigenvalue weighted by atomic mass is 79.9. The smallest absolute Gasteiger partial charge is 0.270 e. The van der Waals surface area contributed by atoms with E-state index in [-0.39, 0.29) is 5.69 Å². The molecule has 2 aromatic rings. The van der Waals surface area contributed by atoms with Crippen molar-refractivity contribution >= 4 is 21.6 Å². The van der Waals surface area contributed by atoms with Crippen molar-refractivity contribution in [2.75, 3.05) is 0 Å². The maximum atomic E-state index is 10.7. The van der Waals surface area contributed by atoms with Crippen LogP contribution in [0.15, 0.2) is 22.7 Å². The third-order valence-corrected chi connectivity index (χ3v) is 3.67. The van der Waals surface area contributed by atoms with Crippen molar-refractivity contribution in [3.8, 4) is 5.69 Å². The van der Waals surface area contributed by atoms with Gasteiger partial charge >= 0.3 is 0 Å². The van der Waals surface area contributed by atoms with Crippen LogP contribution in [0.1, 0.15) is 18.7 Å². The lowest BCUT2D eigenvalue weighted by molar-refractivity contribution is -0.384. The van der Waals surface area contributed by atoms with E-state index in [0.29, 0.717) is 28.6 Å². The minimum atomic E-state index is -0.441. The lowest BCUT2D eigenvalue weighted by atomic mass is 10.3. The summed E-state index contributed by atoms with van der Waals surface area (Å²) in [6, 6.07) is 5.05. The Hall–Kier alpha value is -1.87. The van der Waals surface area contributed by atoms with Crippen LogP contribution < -0.4 is 5.32 Å². The van der Waals surface area contributed by atoms with Gasteiger partial charge in [-0.25, -0.2) is 0 Å². The predicted octanol–water partition coefficient (Wildman–Crippen LogP) is 1.58. The number of hydrogen-bond donors (Lipinski definition) is 1. The Morgan fingerprint density at radius 1 is 1.50 bits per heavy atom. The molecule has 0 bridgehead atoms. The zero-order valence-corrected chi connectivity index (χ0v) is 11.9. The number of nitrogens with zero attached hydrogens (tertiary/aromatic N) is 5. The van der Waals surface area contributed by atoms with Crippen molar-refractivity contribution in [2.45, 2.75) is 25.4 Å². The summed E-state index contributed by atoms with van der Waals surface area (Å²) in [4.78, 5) is 10.3. The van der Waals surface area contributed by atoms with E-state index >= 15 is 0 Å². The van der Waals surface area contributed by atoms with E-state index in [1.807, 2.05) is 0 Å². The first-order chi connectivity index (χ1) is 9.65. The first-order valence-corrected chi connectivity index (χ1v) is 6.89. The minimum absolute atomic E-state index is 0.0198. The van der Waals surface area contributed by atoms with Gasteiger partial charge in [0.15, 0.2) is 5.82 Å². The average Bonchev–Trinajstić information content (AvgIpc) is 3.14. The fourth-order valence-corrected chi connectivity index (χ4v) is 2.34. The normalized spacial score (nSPS) is 14.4. The molecule has 3 rings (SSSR count). The Balaban J connectivity index is 1.88. The van der Waals surface area contributed by atoms with Gasteiger partial charge < -0.3 is 5.32 Å². The molecule has 1 heterocycles. The van der Waals surface area contributed by atoms with Gasteiger partial charge in [0.05, 0.1) is 21.6 Å². The summed E-state index contributed by atoms with van der Waals surface area (Å²) in [5, 5.41) is 25.6. The number of hydrogen-bond acceptors (Lipinski definition) is 6. The fraction of sp³-hybridized carbons (Fsp3) is 0.364. The molecule has 0 spiro atoms. The summed E-state index contributed by atoms with van der Waals surface area (Å²) in [5.74, 6) is 0.673. The van der Waals surface area contributed by atoms with Crippen molar-refractivity contribution in [2.24, 2.45) is 0 Å². The average molecular weight is 339 g/mol. The van der Waals surface area contributed by atoms with Gasteiger partial charge in [0.25, 0.3) is 5.69 Å². The molecule has 1 saturated carbocycles. The van der Waals surface area contributed by atoms with Gasteiger partial charge in [-0.2, -0.15) is 4.68 Å². The van der Waals surface area contributed by atoms with E-state index < -0.39 is 4.92 Å². The molecule has 20 heavy (non-hydrogen) atoms. The zero-order chi connectivity index (χ0) is 14.1. The molecule has 1 aromatic heterocycles. The number of nitro benzene ring substituents is 1. The van der Waals surface area contributed by atoms with E-state index in [0.717, 1.165) is 0 Å². The van der Waals surface area contributed by atoms with Gasteiger partial charge in [-0.05, 0) is 45.3 Å². The number of tetrazole rings is 1. The van der Waals surface area contributed by atoms with Gasteiger partial charge in [0.2, 0.25) is 0 Å². The lowest BCUT2D eigenvalue weighted by Gasteiger charge is -2.07. The van der Waals surface area contributed by atoms with Gasteiger partial charge in [0, 0.05) is 18.2 Å². The highest BCUT2D eigenvalue weighted by molar-refractivity contribution is 9.10. The summed E-state index contributed by atoms with van der Waals surface area (Å²) in [7, 11) is 0. The first kappa shape index (κ1) is 13.1. The third-order valence-electron chi connectivity index (χ3n) is 3.03. The number of nitro groups is 1. The van der Waals surface area contributed by atoms with Gasteiger partial charge in [-0.15, -0.1) is 5.10 Å². The van der Waals surface area contributed by atoms with Crippen molar-refractivity contribution in [1.82, 2.24) is 25.5 Å². The van der Waals surface area contributed by atoms with Crippen LogP contribution >= 0.6 is 15.9 Å². The Morgan fingerprint density at radius 2 is 2.30 bits per heavy atom. The zero-order valence-electron chi connectivity index (χ0n) is 10.4. The molecule has 0 atom stereocenters. The molecule has 1 aliphatic carbocycles. The van der Waals surface area contributed by atoms with Crippen molar-refractivity contribution in [1.29, 1.82) is 0 Å². The number of nitrogens with one attached hydrogen (secondary N) is 1. The Morgan fingerprint density at radius 3 is 2.95 bits per heavy atom. The molecule has 1 N–H and O–H groups in total. The van der Waals surface area contributed by atoms with E-state index in [4.69, 9.17) is 0 Å². The van der Waals surface area contributed by atoms with Crippen LogP contribution in [0.25, 0.3) is 5.69 Å². The predicted molar refractivity (Wildman–Crippen MR) is 73.4 cm³/mol. The number of non-ortho nitro benzene ring substituents is 1. The summed E-state index contributed by atoms with van der Waals surface area (Å²) >= 11 is 3.32. The van der Waals surface area contributed by atoms with Crippen LogP contribution in [-0.4, -0.2) is 31.2 Å². The van der Waals surface area contributed by atoms with Crippen LogP contribution in [0.4, 0.5) is 5.69 Å². The van der Waals surface area contributed by atoms with E-state index in [1.54, 1.807) is 10.7 Å². The first-order valence-electron chi connectivity index (χ1n) is 6.10. The summed E-state index contributed by atoms with van der Waals surface area (Å²) in [5.41, 5.74) is 0.694. The molecule has 0 unspecified atom stereocenters. The van der Waals surface area contributed by atoms with Crippen molar-refractivity contribution < 1.29 is 4.92 Å². The number of aromatic nitrogens is 4. The molecule has 0 saturated heterocycles. The Labute approximate surface area is 122 Å². The van der Waals surface area contributed by atoms with Crippen LogP contribution in [0, 0.1) is 10.1 Å². The summed E-state index contributed by atoms with van der Waals surface area (Å²) in [6.45, 7) is 0.571. The monoisotopic (exact) mass is 338 g/mol. The second-order valence-corrected chi connectivity index (χ2v) is 5.41. The van der Waals surface area contributed by atoms with Crippen LogP contribution in [0.3, 0.4) is 0 Å². The molecule has 0 amide bonds. The van der Waals surface area contributed by atoms with E-state index in [9.17, 15) is 10.1 Å². The molecule has 104 valence electrons. The molecule has 1 aromatic carbocycles. The van der Waals surface area contributed by atoms with Crippen LogP contribution in [-0.2, 0) is 6.54 Å². The largest absolute Gasteiger partial charge is 0.307 e. The highest BCUT2D eigenvalue weighted by Crippen LogP contribution is 2.26. The maximum Gasteiger partial charge on any atom is 0.270 e. The number of halogens is 1. The Bertz CT molecular complexity index is 654. The SMILES string of the molecule is O=[N+]([O-])c1ccc(-n2nnnc2CNC2CC2)c(Br)c1. The highest BCUT2D eigenvalue weighted by Gasteiger charge is 2.22. The summed E-state index contributed by atoms with van der Waals surface area (Å²) < 4.78 is 2.15. The second kappa shape index (κ2) is 5.25. The van der Waals surface area contributed by atoms with E-state index in [1.165, 1.54) is 25.0 Å². The summed E-state index contributed by atoms with van der Waals surface area (Å²) in [6.07, 6.45) is 2.37. The molecule has 1 fully saturated rings. The van der Waals surface area contributed by atoms with Crippen LogP contribution in [0.2, 0.25) is 0 Å². The second-order valence-electron chi connectivity index (χ2n) is 4.55. The quantitative estimate of drug-likeness (QED) is 0.656. The molecular weight excluding hydrogens is 328 g/mol. The number of benzene rings is 1. The molecule has 1 aliphatic rings. The standard InChI is InChI=1S/C11H11BrN6O2/c12-9-5-8(18(19)20)3-4-10(9)17-11(14-15-16-17)6-13-7-1-2-7/h3-5,7,13H,1-2,6H2. The molecular formula is C11H11BrN6O2. The Kier molecular flexibility index (Phi) is 3.45. The van der Waals surface area contributed by atoms with Crippen molar-refractivity contribution in [3.63, 3.8) is 0 Å². The van der Waals surface area contributed by atoms with E-state index in [2.05, 4.69) is 36.8 Å². The number of rotatable bonds is 5. The molecule has 0 radical (unpaired) electrons. The third kappa shape index (κ3) is 2.68. The minimum Gasteiger partial charge on any atom is -0.307 e. The molecule has 0 aliphatic heterocycles. The van der Waals surface area contributed by atoms with Gasteiger partial charge in [-0.1, -0.05) is 0 Å². The topological polar surface area (TPSA) is 98.8 Å². The maximum absolute atomic E-state index is 10.7. The van der Waals surface area contributed by atoms with Gasteiger partial charge in [-0.3, -0.25) is 10.1 Å².